The lowest BCUT2D eigenvalue weighted by atomic mass is 9.95. The summed E-state index contributed by atoms with van der Waals surface area (Å²) in [6.45, 7) is 1.67. The lowest BCUT2D eigenvalue weighted by Crippen LogP contribution is -2.18. The van der Waals surface area contributed by atoms with E-state index in [1.165, 1.54) is 0 Å². The van der Waals surface area contributed by atoms with Gasteiger partial charge in [0.25, 0.3) is 5.95 Å². The molecule has 4 heterocycles. The van der Waals surface area contributed by atoms with Crippen LogP contribution in [0.2, 0.25) is 0 Å². The Hall–Kier alpha value is -3.13. The fourth-order valence-corrected chi connectivity index (χ4v) is 3.75. The van der Waals surface area contributed by atoms with Gasteiger partial charge in [-0.15, -0.1) is 10.2 Å². The molecule has 5 rings (SSSR count). The monoisotopic (exact) mass is 363 g/mol. The van der Waals surface area contributed by atoms with Crippen molar-refractivity contribution in [2.75, 3.05) is 24.7 Å². The van der Waals surface area contributed by atoms with Gasteiger partial charge in [-0.25, -0.2) is 4.52 Å². The van der Waals surface area contributed by atoms with Crippen LogP contribution in [0.15, 0.2) is 36.4 Å². The number of hydrogen-bond acceptors (Lipinski definition) is 6. The third kappa shape index (κ3) is 2.78. The molecule has 1 aliphatic heterocycles. The maximum absolute atomic E-state index is 6.07. The molecule has 1 aliphatic rings. The van der Waals surface area contributed by atoms with E-state index in [4.69, 9.17) is 21.3 Å². The summed E-state index contributed by atoms with van der Waals surface area (Å²) < 4.78 is 9.03. The minimum atomic E-state index is 0.436. The van der Waals surface area contributed by atoms with Gasteiger partial charge in [0.15, 0.2) is 11.5 Å². The number of ether oxygens (including phenoxy) is 1. The van der Waals surface area contributed by atoms with Crippen LogP contribution >= 0.6 is 0 Å². The average Bonchev–Trinajstić information content (AvgIpc) is 3.24. The van der Waals surface area contributed by atoms with E-state index in [1.807, 2.05) is 34.8 Å². The fraction of sp³-hybridized carbons (Fsp3) is 0.316. The van der Waals surface area contributed by atoms with Crippen LogP contribution < -0.4 is 11.5 Å². The second kappa shape index (κ2) is 6.24. The number of anilines is 2. The first-order valence-corrected chi connectivity index (χ1v) is 9.15. The van der Waals surface area contributed by atoms with Crippen molar-refractivity contribution in [3.05, 3.63) is 42.1 Å². The largest absolute Gasteiger partial charge is 0.399 e. The molecule has 0 radical (unpaired) electrons. The van der Waals surface area contributed by atoms with Gasteiger partial charge in [-0.2, -0.15) is 9.67 Å². The van der Waals surface area contributed by atoms with Crippen LogP contribution in [-0.2, 0) is 11.2 Å². The molecule has 4 N–H and O–H groups in total. The minimum Gasteiger partial charge on any atom is -0.399 e. The summed E-state index contributed by atoms with van der Waals surface area (Å²) in [4.78, 5) is 4.66. The summed E-state index contributed by atoms with van der Waals surface area (Å²) in [6.07, 6.45) is 3.12. The van der Waals surface area contributed by atoms with E-state index >= 15 is 0 Å². The lowest BCUT2D eigenvalue weighted by molar-refractivity contribution is 0.0661. The van der Waals surface area contributed by atoms with Gasteiger partial charge in [0.05, 0.1) is 5.52 Å². The van der Waals surface area contributed by atoms with Crippen molar-refractivity contribution in [3.8, 4) is 5.95 Å². The first-order chi connectivity index (χ1) is 13.2. The zero-order valence-corrected chi connectivity index (χ0v) is 14.9. The zero-order chi connectivity index (χ0) is 18.4. The van der Waals surface area contributed by atoms with Crippen molar-refractivity contribution in [2.24, 2.45) is 5.92 Å². The highest BCUT2D eigenvalue weighted by molar-refractivity contribution is 5.91. The van der Waals surface area contributed by atoms with E-state index in [0.717, 1.165) is 54.7 Å². The molecule has 0 amide bonds. The smallest absolute Gasteiger partial charge is 0.271 e. The molecule has 27 heavy (non-hydrogen) atoms. The standard InChI is InChI=1S/C19H21N7O/c20-13-4-5-15-16(11-13)26(23-18(15)21)19-22-17-3-1-2-14(25(17)24-19)10-12-6-8-27-9-7-12/h1-5,11-12H,6-10,20H2,(H2,21,23). The van der Waals surface area contributed by atoms with Crippen molar-refractivity contribution in [1.29, 1.82) is 0 Å². The summed E-state index contributed by atoms with van der Waals surface area (Å²) in [6, 6.07) is 11.6. The maximum Gasteiger partial charge on any atom is 0.271 e. The SMILES string of the molecule is Nc1ccc2c(N)nn(-c3nc4cccc(CC5CCOCC5)n4n3)c2c1. The third-order valence-corrected chi connectivity index (χ3v) is 5.19. The van der Waals surface area contributed by atoms with Crippen LogP contribution in [-0.4, -0.2) is 37.6 Å². The van der Waals surface area contributed by atoms with Gasteiger partial charge < -0.3 is 16.2 Å². The zero-order valence-electron chi connectivity index (χ0n) is 14.9. The molecular formula is C19H21N7O. The van der Waals surface area contributed by atoms with Gasteiger partial charge in [-0.05, 0) is 55.5 Å². The fourth-order valence-electron chi connectivity index (χ4n) is 3.75. The molecule has 0 aliphatic carbocycles. The number of aromatic nitrogens is 5. The van der Waals surface area contributed by atoms with Crippen molar-refractivity contribution >= 4 is 28.1 Å². The van der Waals surface area contributed by atoms with Crippen molar-refractivity contribution in [1.82, 2.24) is 24.4 Å². The van der Waals surface area contributed by atoms with E-state index in [1.54, 1.807) is 4.68 Å². The highest BCUT2D eigenvalue weighted by Crippen LogP contribution is 2.25. The summed E-state index contributed by atoms with van der Waals surface area (Å²) in [7, 11) is 0. The highest BCUT2D eigenvalue weighted by Gasteiger charge is 2.18. The average molecular weight is 363 g/mol. The van der Waals surface area contributed by atoms with Crippen molar-refractivity contribution in [3.63, 3.8) is 0 Å². The minimum absolute atomic E-state index is 0.436. The van der Waals surface area contributed by atoms with E-state index in [0.29, 0.717) is 23.4 Å². The number of rotatable bonds is 3. The first-order valence-electron chi connectivity index (χ1n) is 9.15. The summed E-state index contributed by atoms with van der Waals surface area (Å²) in [5, 5.41) is 9.98. The molecule has 1 aromatic carbocycles. The maximum atomic E-state index is 6.07. The molecule has 0 spiro atoms. The number of nitrogen functional groups attached to an aromatic ring is 2. The van der Waals surface area contributed by atoms with Crippen LogP contribution in [0.1, 0.15) is 18.5 Å². The van der Waals surface area contributed by atoms with Gasteiger partial charge in [-0.1, -0.05) is 6.07 Å². The Kier molecular flexibility index (Phi) is 3.71. The molecular weight excluding hydrogens is 342 g/mol. The van der Waals surface area contributed by atoms with Crippen LogP contribution in [0, 0.1) is 5.92 Å². The Morgan fingerprint density at radius 3 is 2.78 bits per heavy atom. The Bertz CT molecular complexity index is 1120. The number of hydrogen-bond donors (Lipinski definition) is 2. The van der Waals surface area contributed by atoms with Crippen LogP contribution in [0.3, 0.4) is 0 Å². The predicted molar refractivity (Wildman–Crippen MR) is 104 cm³/mol. The van der Waals surface area contributed by atoms with Gasteiger partial charge in [0.1, 0.15) is 0 Å². The first kappa shape index (κ1) is 16.1. The highest BCUT2D eigenvalue weighted by atomic mass is 16.5. The number of fused-ring (bicyclic) bond motifs is 2. The predicted octanol–water partition coefficient (Wildman–Crippen LogP) is 2.20. The molecule has 1 fully saturated rings. The number of pyridine rings is 1. The van der Waals surface area contributed by atoms with Crippen LogP contribution in [0.25, 0.3) is 22.5 Å². The normalized spacial score (nSPS) is 15.7. The van der Waals surface area contributed by atoms with E-state index in [-0.39, 0.29) is 0 Å². The second-order valence-corrected chi connectivity index (χ2v) is 7.03. The molecule has 138 valence electrons. The van der Waals surface area contributed by atoms with Crippen LogP contribution in [0.4, 0.5) is 11.5 Å². The van der Waals surface area contributed by atoms with Gasteiger partial charge in [0, 0.05) is 30.0 Å². The molecule has 1 saturated heterocycles. The Morgan fingerprint density at radius 1 is 1.07 bits per heavy atom. The Morgan fingerprint density at radius 2 is 1.93 bits per heavy atom. The number of nitrogens with zero attached hydrogens (tertiary/aromatic N) is 5. The molecule has 8 nitrogen and oxygen atoms in total. The van der Waals surface area contributed by atoms with E-state index < -0.39 is 0 Å². The number of benzene rings is 1. The Balaban J connectivity index is 1.59. The molecule has 0 atom stereocenters. The molecule has 8 heteroatoms. The molecule has 0 bridgehead atoms. The van der Waals surface area contributed by atoms with E-state index in [9.17, 15) is 0 Å². The third-order valence-electron chi connectivity index (χ3n) is 5.19. The molecule has 3 aromatic heterocycles. The topological polar surface area (TPSA) is 109 Å². The Labute approximate surface area is 155 Å². The quantitative estimate of drug-likeness (QED) is 0.540. The molecule has 4 aromatic rings. The van der Waals surface area contributed by atoms with Gasteiger partial charge >= 0.3 is 0 Å². The lowest BCUT2D eigenvalue weighted by Gasteiger charge is -2.21. The van der Waals surface area contributed by atoms with Gasteiger partial charge in [-0.3, -0.25) is 0 Å². The van der Waals surface area contributed by atoms with Crippen molar-refractivity contribution < 1.29 is 4.74 Å². The van der Waals surface area contributed by atoms with Crippen molar-refractivity contribution in [2.45, 2.75) is 19.3 Å². The van der Waals surface area contributed by atoms with Gasteiger partial charge in [0.2, 0.25) is 0 Å². The molecule has 0 saturated carbocycles. The summed E-state index contributed by atoms with van der Waals surface area (Å²) in [5.41, 5.74) is 15.4. The number of nitrogens with two attached hydrogens (primary N) is 2. The van der Waals surface area contributed by atoms with Crippen LogP contribution in [0.5, 0.6) is 0 Å². The molecule has 0 unspecified atom stereocenters. The van der Waals surface area contributed by atoms with E-state index in [2.05, 4.69) is 16.1 Å². The second-order valence-electron chi connectivity index (χ2n) is 7.03. The summed E-state index contributed by atoms with van der Waals surface area (Å²) >= 11 is 0. The summed E-state index contributed by atoms with van der Waals surface area (Å²) in [5.74, 6) is 1.53.